The maximum Gasteiger partial charge on any atom is 0.139 e. The second-order valence-electron chi connectivity index (χ2n) is 4.69. The van der Waals surface area contributed by atoms with E-state index < -0.39 is 16.6 Å². The summed E-state index contributed by atoms with van der Waals surface area (Å²) in [5.74, 6) is -0.0647. The molecule has 0 fully saturated rings. The van der Waals surface area contributed by atoms with E-state index in [1.165, 1.54) is 11.6 Å². The van der Waals surface area contributed by atoms with E-state index in [2.05, 4.69) is 5.32 Å². The molecule has 2 atom stereocenters. The minimum absolute atomic E-state index is 0.0592. The summed E-state index contributed by atoms with van der Waals surface area (Å²) in [4.78, 5) is 0.264. The minimum Gasteiger partial charge on any atom is -0.312 e. The molecule has 0 bridgehead atoms. The van der Waals surface area contributed by atoms with Crippen LogP contribution in [0.25, 0.3) is 0 Å². The maximum absolute atomic E-state index is 13.6. The van der Waals surface area contributed by atoms with Crippen LogP contribution in [0.15, 0.2) is 53.4 Å². The summed E-state index contributed by atoms with van der Waals surface area (Å²) in [6.07, 6.45) is 0. The van der Waals surface area contributed by atoms with Crippen LogP contribution < -0.4 is 5.32 Å². The molecular weight excluding hydrogens is 273 g/mol. The lowest BCUT2D eigenvalue weighted by Gasteiger charge is -2.16. The van der Waals surface area contributed by atoms with Crippen LogP contribution >= 0.6 is 0 Å². The predicted molar refractivity (Wildman–Crippen MR) is 80.7 cm³/mol. The normalized spacial score (nSPS) is 13.9. The monoisotopic (exact) mass is 291 g/mol. The van der Waals surface area contributed by atoms with Crippen molar-refractivity contribution in [2.24, 2.45) is 0 Å². The van der Waals surface area contributed by atoms with Gasteiger partial charge >= 0.3 is 0 Å². The lowest BCUT2D eigenvalue weighted by atomic mass is 10.1. The average Bonchev–Trinajstić information content (AvgIpc) is 2.46. The number of nitrogens with one attached hydrogen (secondary N) is 1. The Morgan fingerprint density at radius 1 is 1.15 bits per heavy atom. The molecule has 0 saturated carbocycles. The molecule has 2 aromatic carbocycles. The fourth-order valence-electron chi connectivity index (χ4n) is 2.02. The van der Waals surface area contributed by atoms with E-state index >= 15 is 0 Å². The Morgan fingerprint density at radius 3 is 2.40 bits per heavy atom. The van der Waals surface area contributed by atoms with Gasteiger partial charge in [-0.1, -0.05) is 42.0 Å². The van der Waals surface area contributed by atoms with Gasteiger partial charge in [0.05, 0.1) is 15.7 Å². The van der Waals surface area contributed by atoms with Crippen LogP contribution in [0.3, 0.4) is 0 Å². The van der Waals surface area contributed by atoms with Gasteiger partial charge in [-0.3, -0.25) is 4.21 Å². The third-order valence-corrected chi connectivity index (χ3v) is 4.69. The SMILES string of the molecule is CNC(CS(=O)c1ccccc1F)c1ccc(C)cc1. The third-order valence-electron chi connectivity index (χ3n) is 3.23. The van der Waals surface area contributed by atoms with Gasteiger partial charge in [0, 0.05) is 11.8 Å². The molecule has 0 aliphatic heterocycles. The van der Waals surface area contributed by atoms with E-state index in [1.807, 2.05) is 38.2 Å². The topological polar surface area (TPSA) is 29.1 Å². The quantitative estimate of drug-likeness (QED) is 0.916. The van der Waals surface area contributed by atoms with Gasteiger partial charge in [0.1, 0.15) is 5.82 Å². The van der Waals surface area contributed by atoms with Gasteiger partial charge in [-0.2, -0.15) is 0 Å². The van der Waals surface area contributed by atoms with Crippen LogP contribution in [0.1, 0.15) is 17.2 Å². The first-order valence-corrected chi connectivity index (χ1v) is 7.80. The highest BCUT2D eigenvalue weighted by Gasteiger charge is 2.16. The molecular formula is C16H18FNOS. The molecule has 2 aromatic rings. The minimum atomic E-state index is -1.37. The van der Waals surface area contributed by atoms with Crippen LogP contribution in [0, 0.1) is 12.7 Å². The molecule has 0 amide bonds. The second kappa shape index (κ2) is 6.77. The fraction of sp³-hybridized carbons (Fsp3) is 0.250. The molecule has 20 heavy (non-hydrogen) atoms. The molecule has 0 radical (unpaired) electrons. The van der Waals surface area contributed by atoms with Crippen molar-refractivity contribution in [2.45, 2.75) is 17.9 Å². The smallest absolute Gasteiger partial charge is 0.139 e. The van der Waals surface area contributed by atoms with E-state index in [9.17, 15) is 8.60 Å². The van der Waals surface area contributed by atoms with E-state index in [0.717, 1.165) is 5.56 Å². The molecule has 0 aliphatic carbocycles. The van der Waals surface area contributed by atoms with Crippen molar-refractivity contribution >= 4 is 10.8 Å². The molecule has 2 unspecified atom stereocenters. The van der Waals surface area contributed by atoms with Gasteiger partial charge in [-0.25, -0.2) is 4.39 Å². The first-order valence-electron chi connectivity index (χ1n) is 6.48. The lowest BCUT2D eigenvalue weighted by molar-refractivity contribution is 0.590. The van der Waals surface area contributed by atoms with E-state index in [4.69, 9.17) is 0 Å². The standard InChI is InChI=1S/C16H18FNOS/c1-12-7-9-13(10-8-12)15(18-2)11-20(19)16-6-4-3-5-14(16)17/h3-10,15,18H,11H2,1-2H3. The molecule has 0 aromatic heterocycles. The highest BCUT2D eigenvalue weighted by atomic mass is 32.2. The van der Waals surface area contributed by atoms with Crippen LogP contribution in [-0.4, -0.2) is 17.0 Å². The molecule has 2 rings (SSSR count). The third kappa shape index (κ3) is 3.52. The largest absolute Gasteiger partial charge is 0.312 e. The average molecular weight is 291 g/mol. The molecule has 0 aliphatic rings. The maximum atomic E-state index is 13.6. The van der Waals surface area contributed by atoms with Crippen LogP contribution in [0.4, 0.5) is 4.39 Å². The van der Waals surface area contributed by atoms with Crippen LogP contribution in [0.5, 0.6) is 0 Å². The Morgan fingerprint density at radius 2 is 1.80 bits per heavy atom. The summed E-state index contributed by atoms with van der Waals surface area (Å²) < 4.78 is 25.9. The number of rotatable bonds is 5. The summed E-state index contributed by atoms with van der Waals surface area (Å²) in [5, 5.41) is 3.14. The van der Waals surface area contributed by atoms with Crippen molar-refractivity contribution in [1.29, 1.82) is 0 Å². The summed E-state index contributed by atoms with van der Waals surface area (Å²) in [6.45, 7) is 2.02. The van der Waals surface area contributed by atoms with Gasteiger partial charge in [-0.05, 0) is 31.7 Å². The predicted octanol–water partition coefficient (Wildman–Crippen LogP) is 3.20. The molecule has 0 heterocycles. The summed E-state index contributed by atoms with van der Waals surface area (Å²) in [5.41, 5.74) is 2.24. The second-order valence-corrected chi connectivity index (χ2v) is 6.16. The number of halogens is 1. The van der Waals surface area contributed by atoms with Gasteiger partial charge in [-0.15, -0.1) is 0 Å². The van der Waals surface area contributed by atoms with Gasteiger partial charge in [0.15, 0.2) is 0 Å². The molecule has 106 valence electrons. The summed E-state index contributed by atoms with van der Waals surface area (Å²) in [6, 6.07) is 14.2. The van der Waals surface area contributed by atoms with Gasteiger partial charge < -0.3 is 5.32 Å². The molecule has 2 nitrogen and oxygen atoms in total. The fourth-order valence-corrected chi connectivity index (χ4v) is 3.37. The Hall–Kier alpha value is -1.52. The number of hydrogen-bond donors (Lipinski definition) is 1. The van der Waals surface area contributed by atoms with Crippen molar-refractivity contribution in [3.05, 3.63) is 65.5 Å². The first kappa shape index (κ1) is 14.9. The van der Waals surface area contributed by atoms with Crippen molar-refractivity contribution in [3.63, 3.8) is 0 Å². The zero-order chi connectivity index (χ0) is 14.5. The van der Waals surface area contributed by atoms with E-state index in [1.54, 1.807) is 18.2 Å². The van der Waals surface area contributed by atoms with E-state index in [-0.39, 0.29) is 10.9 Å². The highest BCUT2D eigenvalue weighted by molar-refractivity contribution is 7.85. The molecule has 4 heteroatoms. The van der Waals surface area contributed by atoms with Crippen LogP contribution in [0.2, 0.25) is 0 Å². The van der Waals surface area contributed by atoms with Crippen molar-refractivity contribution in [2.75, 3.05) is 12.8 Å². The highest BCUT2D eigenvalue weighted by Crippen LogP contribution is 2.19. The van der Waals surface area contributed by atoms with Crippen molar-refractivity contribution in [1.82, 2.24) is 5.32 Å². The Bertz CT molecular complexity index is 598. The number of aryl methyl sites for hydroxylation is 1. The van der Waals surface area contributed by atoms with Crippen LogP contribution in [-0.2, 0) is 10.8 Å². The number of benzene rings is 2. The van der Waals surface area contributed by atoms with Gasteiger partial charge in [0.2, 0.25) is 0 Å². The summed E-state index contributed by atoms with van der Waals surface area (Å²) >= 11 is 0. The zero-order valence-corrected chi connectivity index (χ0v) is 12.4. The van der Waals surface area contributed by atoms with Crippen molar-refractivity contribution in [3.8, 4) is 0 Å². The van der Waals surface area contributed by atoms with Crippen molar-refractivity contribution < 1.29 is 8.60 Å². The number of hydrogen-bond acceptors (Lipinski definition) is 2. The Labute approximate surface area is 121 Å². The first-order chi connectivity index (χ1) is 9.61. The van der Waals surface area contributed by atoms with Gasteiger partial charge in [0.25, 0.3) is 0 Å². The zero-order valence-electron chi connectivity index (χ0n) is 11.6. The Balaban J connectivity index is 2.16. The van der Waals surface area contributed by atoms with E-state index in [0.29, 0.717) is 5.75 Å². The molecule has 1 N–H and O–H groups in total. The summed E-state index contributed by atoms with van der Waals surface area (Å²) in [7, 11) is 0.454. The Kier molecular flexibility index (Phi) is 5.04. The lowest BCUT2D eigenvalue weighted by Crippen LogP contribution is -2.23. The molecule has 0 saturated heterocycles. The molecule has 0 spiro atoms.